The van der Waals surface area contributed by atoms with Crippen LogP contribution in [0.15, 0.2) is 23.1 Å². The maximum Gasteiger partial charge on any atom is 0.251 e. The zero-order chi connectivity index (χ0) is 18.3. The molecule has 2 atom stereocenters. The number of hydrogen-bond acceptors (Lipinski definition) is 5. The molecular formula is C18H23N5O3. The molecule has 1 saturated heterocycles. The monoisotopic (exact) mass is 357 g/mol. The van der Waals surface area contributed by atoms with Crippen molar-refractivity contribution >= 4 is 5.91 Å². The van der Waals surface area contributed by atoms with Gasteiger partial charge in [0, 0.05) is 38.3 Å². The Morgan fingerprint density at radius 1 is 1.42 bits per heavy atom. The molecule has 0 radical (unpaired) electrons. The topological polar surface area (TPSA) is 93.1 Å². The van der Waals surface area contributed by atoms with Crippen molar-refractivity contribution in [1.82, 2.24) is 24.6 Å². The highest BCUT2D eigenvalue weighted by Crippen LogP contribution is 2.39. The molecular weight excluding hydrogens is 334 g/mol. The third-order valence-electron chi connectivity index (χ3n) is 5.15. The molecule has 26 heavy (non-hydrogen) atoms. The lowest BCUT2D eigenvalue weighted by atomic mass is 10.2. The summed E-state index contributed by atoms with van der Waals surface area (Å²) in [6.07, 6.45) is 4.54. The molecule has 0 bridgehead atoms. The van der Waals surface area contributed by atoms with Gasteiger partial charge in [0.1, 0.15) is 12.4 Å². The SMILES string of the molecule is CO[C@@H]1C[C@@H](c2nc(C3CC3)n[nH]2)N(C(=O)Cn2ccc(C)cc2=O)C1. The van der Waals surface area contributed by atoms with Crippen LogP contribution in [0.1, 0.15) is 48.4 Å². The number of pyridine rings is 1. The lowest BCUT2D eigenvalue weighted by Gasteiger charge is -2.23. The molecule has 1 aliphatic carbocycles. The Morgan fingerprint density at radius 3 is 2.92 bits per heavy atom. The van der Waals surface area contributed by atoms with Crippen LogP contribution in [0.3, 0.4) is 0 Å². The van der Waals surface area contributed by atoms with Gasteiger partial charge >= 0.3 is 0 Å². The van der Waals surface area contributed by atoms with Crippen LogP contribution in [0.25, 0.3) is 0 Å². The van der Waals surface area contributed by atoms with Crippen molar-refractivity contribution in [1.29, 1.82) is 0 Å². The number of aromatic amines is 1. The lowest BCUT2D eigenvalue weighted by Crippen LogP contribution is -2.37. The highest BCUT2D eigenvalue weighted by molar-refractivity contribution is 5.77. The summed E-state index contributed by atoms with van der Waals surface area (Å²) in [5.74, 6) is 1.87. The van der Waals surface area contributed by atoms with Crippen molar-refractivity contribution in [2.75, 3.05) is 13.7 Å². The van der Waals surface area contributed by atoms with E-state index in [9.17, 15) is 9.59 Å². The number of aromatic nitrogens is 4. The van der Waals surface area contributed by atoms with Crippen LogP contribution < -0.4 is 5.56 Å². The Balaban J connectivity index is 1.55. The first-order chi connectivity index (χ1) is 12.5. The Labute approximate surface area is 151 Å². The molecule has 2 aromatic rings. The minimum Gasteiger partial charge on any atom is -0.380 e. The molecule has 0 spiro atoms. The molecule has 3 heterocycles. The average molecular weight is 357 g/mol. The number of amides is 1. The average Bonchev–Trinajstić information content (AvgIpc) is 3.19. The highest BCUT2D eigenvalue weighted by Gasteiger charge is 2.39. The first kappa shape index (κ1) is 17.0. The molecule has 0 aromatic carbocycles. The minimum atomic E-state index is -0.200. The van der Waals surface area contributed by atoms with E-state index in [2.05, 4.69) is 15.2 Å². The fourth-order valence-corrected chi connectivity index (χ4v) is 3.44. The summed E-state index contributed by atoms with van der Waals surface area (Å²) in [6, 6.07) is 3.16. The van der Waals surface area contributed by atoms with E-state index in [0.717, 1.165) is 24.2 Å². The van der Waals surface area contributed by atoms with Crippen molar-refractivity contribution < 1.29 is 9.53 Å². The van der Waals surface area contributed by atoms with Crippen molar-refractivity contribution in [2.45, 2.75) is 50.8 Å². The van der Waals surface area contributed by atoms with Gasteiger partial charge in [0.2, 0.25) is 5.91 Å². The smallest absolute Gasteiger partial charge is 0.251 e. The molecule has 2 fully saturated rings. The number of aryl methyl sites for hydroxylation is 1. The van der Waals surface area contributed by atoms with Gasteiger partial charge in [0.15, 0.2) is 5.82 Å². The molecule has 2 aliphatic rings. The van der Waals surface area contributed by atoms with E-state index in [-0.39, 0.29) is 30.2 Å². The van der Waals surface area contributed by atoms with Crippen LogP contribution in [0.5, 0.6) is 0 Å². The predicted molar refractivity (Wildman–Crippen MR) is 93.7 cm³/mol. The second kappa shape index (κ2) is 6.68. The summed E-state index contributed by atoms with van der Waals surface area (Å²) in [6.45, 7) is 2.35. The molecule has 1 saturated carbocycles. The first-order valence-corrected chi connectivity index (χ1v) is 8.96. The van der Waals surface area contributed by atoms with E-state index in [1.54, 1.807) is 18.2 Å². The second-order valence-electron chi connectivity index (χ2n) is 7.18. The molecule has 8 nitrogen and oxygen atoms in total. The van der Waals surface area contributed by atoms with E-state index in [1.807, 2.05) is 13.0 Å². The molecule has 2 aromatic heterocycles. The molecule has 8 heteroatoms. The fourth-order valence-electron chi connectivity index (χ4n) is 3.44. The van der Waals surface area contributed by atoms with Gasteiger partial charge in [0.25, 0.3) is 5.56 Å². The van der Waals surface area contributed by atoms with Crippen LogP contribution in [0.4, 0.5) is 0 Å². The van der Waals surface area contributed by atoms with Crippen LogP contribution in [-0.2, 0) is 16.1 Å². The maximum atomic E-state index is 12.9. The summed E-state index contributed by atoms with van der Waals surface area (Å²) in [7, 11) is 1.65. The number of hydrogen-bond donors (Lipinski definition) is 1. The third kappa shape index (κ3) is 3.29. The van der Waals surface area contributed by atoms with Crippen LogP contribution in [0, 0.1) is 6.92 Å². The fraction of sp³-hybridized carbons (Fsp3) is 0.556. The summed E-state index contributed by atoms with van der Waals surface area (Å²) in [5.41, 5.74) is 0.708. The molecule has 0 unspecified atom stereocenters. The van der Waals surface area contributed by atoms with E-state index in [0.29, 0.717) is 24.7 Å². The Kier molecular flexibility index (Phi) is 4.36. The number of H-pyrrole nitrogens is 1. The Hall–Kier alpha value is -2.48. The minimum absolute atomic E-state index is 0.00959. The summed E-state index contributed by atoms with van der Waals surface area (Å²) in [5, 5.41) is 7.31. The number of nitrogens with one attached hydrogen (secondary N) is 1. The molecule has 1 aliphatic heterocycles. The van der Waals surface area contributed by atoms with Gasteiger partial charge in [-0.3, -0.25) is 14.7 Å². The standard InChI is InChI=1S/C18H23N5O3/c1-11-5-6-22(15(24)7-11)10-16(25)23-9-13(26-2)8-14(23)18-19-17(20-21-18)12-3-4-12/h5-7,12-14H,3-4,8-10H2,1-2H3,(H,19,20,21)/t13-,14+/m1/s1. The summed E-state index contributed by atoms with van der Waals surface area (Å²) in [4.78, 5) is 31.3. The number of likely N-dealkylation sites (tertiary alicyclic amines) is 1. The van der Waals surface area contributed by atoms with Crippen molar-refractivity contribution in [3.8, 4) is 0 Å². The van der Waals surface area contributed by atoms with Crippen LogP contribution >= 0.6 is 0 Å². The number of rotatable bonds is 5. The van der Waals surface area contributed by atoms with E-state index >= 15 is 0 Å². The van der Waals surface area contributed by atoms with Crippen LogP contribution in [0.2, 0.25) is 0 Å². The number of ether oxygens (including phenoxy) is 1. The van der Waals surface area contributed by atoms with E-state index in [4.69, 9.17) is 4.74 Å². The Morgan fingerprint density at radius 2 is 2.23 bits per heavy atom. The maximum absolute atomic E-state index is 12.9. The van der Waals surface area contributed by atoms with Crippen LogP contribution in [-0.4, -0.2) is 50.3 Å². The zero-order valence-electron chi connectivity index (χ0n) is 15.0. The van der Waals surface area contributed by atoms with Gasteiger partial charge < -0.3 is 14.2 Å². The van der Waals surface area contributed by atoms with Gasteiger partial charge in [-0.1, -0.05) is 0 Å². The number of methoxy groups -OCH3 is 1. The molecule has 1 amide bonds. The predicted octanol–water partition coefficient (Wildman–Crippen LogP) is 1.14. The number of carbonyl (C=O) groups excluding carboxylic acids is 1. The summed E-state index contributed by atoms with van der Waals surface area (Å²) < 4.78 is 6.91. The normalized spacial score (nSPS) is 22.8. The molecule has 1 N–H and O–H groups in total. The van der Waals surface area contributed by atoms with Crippen molar-refractivity contribution in [3.05, 3.63) is 45.9 Å². The lowest BCUT2D eigenvalue weighted by molar-refractivity contribution is -0.133. The van der Waals surface area contributed by atoms with Crippen molar-refractivity contribution in [3.63, 3.8) is 0 Å². The quantitative estimate of drug-likeness (QED) is 0.866. The van der Waals surface area contributed by atoms with Crippen molar-refractivity contribution in [2.24, 2.45) is 0 Å². The molecule has 4 rings (SSSR count). The third-order valence-corrected chi connectivity index (χ3v) is 5.15. The molecule has 138 valence electrons. The van der Waals surface area contributed by atoms with Gasteiger partial charge in [0.05, 0.1) is 12.1 Å². The van der Waals surface area contributed by atoms with E-state index < -0.39 is 0 Å². The number of carbonyl (C=O) groups is 1. The van der Waals surface area contributed by atoms with Gasteiger partial charge in [-0.25, -0.2) is 4.98 Å². The van der Waals surface area contributed by atoms with E-state index in [1.165, 1.54) is 10.6 Å². The zero-order valence-corrected chi connectivity index (χ0v) is 15.0. The second-order valence-corrected chi connectivity index (χ2v) is 7.18. The van der Waals surface area contributed by atoms with Gasteiger partial charge in [-0.05, 0) is 31.4 Å². The highest BCUT2D eigenvalue weighted by atomic mass is 16.5. The number of nitrogens with zero attached hydrogens (tertiary/aromatic N) is 4. The Bertz CT molecular complexity index is 870. The largest absolute Gasteiger partial charge is 0.380 e. The summed E-state index contributed by atoms with van der Waals surface area (Å²) >= 11 is 0. The van der Waals surface area contributed by atoms with Gasteiger partial charge in [-0.2, -0.15) is 5.10 Å². The van der Waals surface area contributed by atoms with Gasteiger partial charge in [-0.15, -0.1) is 0 Å². The first-order valence-electron chi connectivity index (χ1n) is 8.96.